The highest BCUT2D eigenvalue weighted by molar-refractivity contribution is 5.94. The van der Waals surface area contributed by atoms with Crippen LogP contribution in [0.4, 0.5) is 11.4 Å². The van der Waals surface area contributed by atoms with E-state index in [9.17, 15) is 14.9 Å². The number of anilines is 1. The van der Waals surface area contributed by atoms with Gasteiger partial charge in [-0.1, -0.05) is 12.1 Å². The van der Waals surface area contributed by atoms with Crippen molar-refractivity contribution in [2.24, 2.45) is 0 Å². The third kappa shape index (κ3) is 4.66. The molecule has 2 aromatic carbocycles. The minimum Gasteiger partial charge on any atom is -0.477 e. The van der Waals surface area contributed by atoms with Crippen LogP contribution in [0, 0.1) is 10.1 Å². The van der Waals surface area contributed by atoms with E-state index < -0.39 is 4.92 Å². The van der Waals surface area contributed by atoms with Gasteiger partial charge in [-0.3, -0.25) is 14.9 Å². The van der Waals surface area contributed by atoms with E-state index in [-0.39, 0.29) is 24.0 Å². The molecule has 0 saturated carbocycles. The number of rotatable bonds is 8. The first-order valence-corrected chi connectivity index (χ1v) is 8.84. The Morgan fingerprint density at radius 3 is 2.75 bits per heavy atom. The summed E-state index contributed by atoms with van der Waals surface area (Å²) in [5.41, 5.74) is 1.57. The standard InChI is InChI=1S/C20H22N4O4/c1-22(2)11-12-23-10-9-15-13-16(7-8-17(15)23)21-20(25)14-28-19-6-4-3-5-18(19)24(26)27/h3-10,13H,11-12,14H2,1-2H3,(H,21,25). The number of ether oxygens (including phenoxy) is 1. The zero-order chi connectivity index (χ0) is 20.1. The van der Waals surface area contributed by atoms with Crippen molar-refractivity contribution in [3.63, 3.8) is 0 Å². The number of nitrogens with zero attached hydrogens (tertiary/aromatic N) is 3. The highest BCUT2D eigenvalue weighted by Gasteiger charge is 2.15. The van der Waals surface area contributed by atoms with Crippen molar-refractivity contribution >= 4 is 28.2 Å². The summed E-state index contributed by atoms with van der Waals surface area (Å²) in [6.07, 6.45) is 2.03. The van der Waals surface area contributed by atoms with Gasteiger partial charge in [0.15, 0.2) is 12.4 Å². The highest BCUT2D eigenvalue weighted by Crippen LogP contribution is 2.26. The molecular formula is C20H22N4O4. The predicted octanol–water partition coefficient (Wildman–Crippen LogP) is 3.13. The number of fused-ring (bicyclic) bond motifs is 1. The molecule has 0 aliphatic carbocycles. The Morgan fingerprint density at radius 2 is 2.00 bits per heavy atom. The zero-order valence-electron chi connectivity index (χ0n) is 15.8. The average Bonchev–Trinajstić information content (AvgIpc) is 3.07. The van der Waals surface area contributed by atoms with Crippen LogP contribution in [-0.2, 0) is 11.3 Å². The summed E-state index contributed by atoms with van der Waals surface area (Å²) in [6.45, 7) is 1.50. The number of nitro benzene ring substituents is 1. The van der Waals surface area contributed by atoms with E-state index in [4.69, 9.17) is 4.74 Å². The summed E-state index contributed by atoms with van der Waals surface area (Å²) in [6, 6.07) is 13.7. The number of nitrogens with one attached hydrogen (secondary N) is 1. The number of carbonyl (C=O) groups excluding carboxylic acids is 1. The normalized spacial score (nSPS) is 11.0. The fourth-order valence-electron chi connectivity index (χ4n) is 2.85. The molecule has 1 heterocycles. The molecule has 8 heteroatoms. The molecule has 146 valence electrons. The van der Waals surface area contributed by atoms with Gasteiger partial charge >= 0.3 is 5.69 Å². The maximum Gasteiger partial charge on any atom is 0.310 e. The minimum atomic E-state index is -0.540. The molecule has 0 fully saturated rings. The second-order valence-corrected chi connectivity index (χ2v) is 6.65. The van der Waals surface area contributed by atoms with Gasteiger partial charge in [-0.25, -0.2) is 0 Å². The SMILES string of the molecule is CN(C)CCn1ccc2cc(NC(=O)COc3ccccc3[N+](=O)[O-])ccc21. The van der Waals surface area contributed by atoms with Gasteiger partial charge in [0.2, 0.25) is 0 Å². The molecule has 1 aromatic heterocycles. The Balaban J connectivity index is 1.63. The lowest BCUT2D eigenvalue weighted by Gasteiger charge is -2.11. The zero-order valence-corrected chi connectivity index (χ0v) is 15.8. The van der Waals surface area contributed by atoms with Crippen LogP contribution in [0.3, 0.4) is 0 Å². The Labute approximate surface area is 162 Å². The van der Waals surface area contributed by atoms with Gasteiger partial charge < -0.3 is 19.5 Å². The molecule has 3 aromatic rings. The van der Waals surface area contributed by atoms with Crippen molar-refractivity contribution in [3.05, 3.63) is 64.8 Å². The largest absolute Gasteiger partial charge is 0.477 e. The van der Waals surface area contributed by atoms with Crippen LogP contribution in [0.2, 0.25) is 0 Å². The Morgan fingerprint density at radius 1 is 1.21 bits per heavy atom. The molecule has 0 atom stereocenters. The molecule has 0 saturated heterocycles. The Kier molecular flexibility index (Phi) is 5.90. The van der Waals surface area contributed by atoms with Gasteiger partial charge in [0.25, 0.3) is 5.91 Å². The van der Waals surface area contributed by atoms with Gasteiger partial charge in [-0.2, -0.15) is 0 Å². The van der Waals surface area contributed by atoms with Gasteiger partial charge in [0, 0.05) is 41.9 Å². The van der Waals surface area contributed by atoms with Crippen LogP contribution in [0.1, 0.15) is 0 Å². The summed E-state index contributed by atoms with van der Waals surface area (Å²) >= 11 is 0. The maximum atomic E-state index is 12.2. The average molecular weight is 382 g/mol. The van der Waals surface area contributed by atoms with E-state index >= 15 is 0 Å². The third-order valence-corrected chi connectivity index (χ3v) is 4.26. The van der Waals surface area contributed by atoms with E-state index in [1.165, 1.54) is 12.1 Å². The van der Waals surface area contributed by atoms with Crippen LogP contribution in [-0.4, -0.2) is 47.5 Å². The number of nitro groups is 1. The Hall–Kier alpha value is -3.39. The summed E-state index contributed by atoms with van der Waals surface area (Å²) in [7, 11) is 4.07. The molecule has 28 heavy (non-hydrogen) atoms. The van der Waals surface area contributed by atoms with Crippen LogP contribution in [0.25, 0.3) is 10.9 Å². The molecule has 1 amide bonds. The number of hydrogen-bond acceptors (Lipinski definition) is 5. The highest BCUT2D eigenvalue weighted by atomic mass is 16.6. The molecule has 0 spiro atoms. The van der Waals surface area contributed by atoms with E-state index in [1.54, 1.807) is 12.1 Å². The molecule has 8 nitrogen and oxygen atoms in total. The number of likely N-dealkylation sites (N-methyl/N-ethyl adjacent to an activating group) is 1. The van der Waals surface area contributed by atoms with Crippen LogP contribution in [0.15, 0.2) is 54.7 Å². The van der Waals surface area contributed by atoms with Gasteiger partial charge in [-0.05, 0) is 44.4 Å². The number of benzene rings is 2. The number of hydrogen-bond donors (Lipinski definition) is 1. The first-order chi connectivity index (χ1) is 13.4. The lowest BCUT2D eigenvalue weighted by molar-refractivity contribution is -0.385. The second kappa shape index (κ2) is 8.53. The topological polar surface area (TPSA) is 89.6 Å². The molecule has 3 rings (SSSR count). The van der Waals surface area contributed by atoms with Crippen LogP contribution in [0.5, 0.6) is 5.75 Å². The van der Waals surface area contributed by atoms with Crippen molar-refractivity contribution in [2.75, 3.05) is 32.6 Å². The number of para-hydroxylation sites is 2. The van der Waals surface area contributed by atoms with Crippen LogP contribution >= 0.6 is 0 Å². The molecule has 0 aliphatic rings. The molecule has 0 unspecified atom stereocenters. The quantitative estimate of drug-likeness (QED) is 0.478. The third-order valence-electron chi connectivity index (χ3n) is 4.26. The first-order valence-electron chi connectivity index (χ1n) is 8.84. The summed E-state index contributed by atoms with van der Waals surface area (Å²) in [5, 5.41) is 14.8. The smallest absolute Gasteiger partial charge is 0.310 e. The van der Waals surface area contributed by atoms with Gasteiger partial charge in [0.05, 0.1) is 4.92 Å². The number of amides is 1. The number of aromatic nitrogens is 1. The molecule has 1 N–H and O–H groups in total. The fourth-order valence-corrected chi connectivity index (χ4v) is 2.85. The van der Waals surface area contributed by atoms with E-state index in [1.807, 2.05) is 44.6 Å². The van der Waals surface area contributed by atoms with Crippen molar-refractivity contribution in [3.8, 4) is 5.75 Å². The maximum absolute atomic E-state index is 12.2. The summed E-state index contributed by atoms with van der Waals surface area (Å²) in [5.74, 6) is -0.319. The molecule has 0 aliphatic heterocycles. The van der Waals surface area contributed by atoms with Crippen molar-refractivity contribution in [2.45, 2.75) is 6.54 Å². The lowest BCUT2D eigenvalue weighted by atomic mass is 10.2. The first kappa shape index (κ1) is 19.4. The van der Waals surface area contributed by atoms with Crippen molar-refractivity contribution in [1.29, 1.82) is 0 Å². The molecule has 0 bridgehead atoms. The van der Waals surface area contributed by atoms with Crippen molar-refractivity contribution < 1.29 is 14.5 Å². The number of carbonyl (C=O) groups is 1. The monoisotopic (exact) mass is 382 g/mol. The minimum absolute atomic E-state index is 0.0658. The fraction of sp³-hybridized carbons (Fsp3) is 0.250. The lowest BCUT2D eigenvalue weighted by Crippen LogP contribution is -2.20. The van der Waals surface area contributed by atoms with Crippen LogP contribution < -0.4 is 10.1 Å². The Bertz CT molecular complexity index is 997. The predicted molar refractivity (Wildman–Crippen MR) is 108 cm³/mol. The second-order valence-electron chi connectivity index (χ2n) is 6.65. The molecular weight excluding hydrogens is 360 g/mol. The summed E-state index contributed by atoms with van der Waals surface area (Å²) < 4.78 is 7.48. The van der Waals surface area contributed by atoms with Crippen molar-refractivity contribution in [1.82, 2.24) is 9.47 Å². The molecule has 0 radical (unpaired) electrons. The van der Waals surface area contributed by atoms with Gasteiger partial charge in [0.1, 0.15) is 0 Å². The van der Waals surface area contributed by atoms with E-state index in [2.05, 4.69) is 14.8 Å². The van der Waals surface area contributed by atoms with E-state index in [0.717, 1.165) is 24.0 Å². The van der Waals surface area contributed by atoms with Gasteiger partial charge in [-0.15, -0.1) is 0 Å². The van der Waals surface area contributed by atoms with E-state index in [0.29, 0.717) is 5.69 Å². The summed E-state index contributed by atoms with van der Waals surface area (Å²) in [4.78, 5) is 24.7.